The van der Waals surface area contributed by atoms with Crippen LogP contribution in [-0.4, -0.2) is 17.8 Å². The van der Waals surface area contributed by atoms with Crippen molar-refractivity contribution >= 4 is 6.08 Å². The largest absolute Gasteiger partial charge is 0.394 e. The maximum absolute atomic E-state index is 9.17. The van der Waals surface area contributed by atoms with Gasteiger partial charge in [0.1, 0.15) is 0 Å². The molecule has 0 radical (unpaired) electrons. The Labute approximate surface area is 129 Å². The fourth-order valence-corrected chi connectivity index (χ4v) is 3.04. The minimum absolute atomic E-state index is 0.0322. The lowest BCUT2D eigenvalue weighted by molar-refractivity contribution is 0.279. The molecule has 0 spiro atoms. The topological polar surface area (TPSA) is 46.2 Å². The van der Waals surface area contributed by atoms with Gasteiger partial charge < -0.3 is 10.8 Å². The van der Waals surface area contributed by atoms with Gasteiger partial charge in [0.05, 0.1) is 6.61 Å². The van der Waals surface area contributed by atoms with E-state index >= 15 is 0 Å². The molecule has 1 aliphatic rings. The number of fused-ring (bicyclic) bond motifs is 1. The normalized spacial score (nSPS) is 14.9. The van der Waals surface area contributed by atoms with Gasteiger partial charge in [-0.05, 0) is 41.5 Å². The molecule has 1 aromatic rings. The Balaban J connectivity index is 1.80. The van der Waals surface area contributed by atoms with E-state index in [2.05, 4.69) is 31.2 Å². The summed E-state index contributed by atoms with van der Waals surface area (Å²) in [5.74, 6) is 0. The van der Waals surface area contributed by atoms with Gasteiger partial charge in [0.15, 0.2) is 0 Å². The Kier molecular flexibility index (Phi) is 6.47. The van der Waals surface area contributed by atoms with E-state index in [9.17, 15) is 0 Å². The highest BCUT2D eigenvalue weighted by molar-refractivity contribution is 5.65. The second-order valence-corrected chi connectivity index (χ2v) is 6.24. The highest BCUT2D eigenvalue weighted by Crippen LogP contribution is 2.27. The van der Waals surface area contributed by atoms with Crippen molar-refractivity contribution < 1.29 is 5.11 Å². The van der Waals surface area contributed by atoms with Gasteiger partial charge >= 0.3 is 0 Å². The third kappa shape index (κ3) is 4.69. The molecule has 3 N–H and O–H groups in total. The van der Waals surface area contributed by atoms with Crippen molar-refractivity contribution in [2.45, 2.75) is 64.3 Å². The number of nitrogens with two attached hydrogens (primary N) is 1. The SMILES string of the molecule is CCCCCCCCc1ccc2c(c1)CC([C@@H](N)CO)=C2. The average Bonchev–Trinajstić information content (AvgIpc) is 2.93. The van der Waals surface area contributed by atoms with Crippen molar-refractivity contribution in [1.82, 2.24) is 0 Å². The smallest absolute Gasteiger partial charge is 0.0621 e. The van der Waals surface area contributed by atoms with Gasteiger partial charge in [0.25, 0.3) is 0 Å². The lowest BCUT2D eigenvalue weighted by atomic mass is 10.00. The van der Waals surface area contributed by atoms with E-state index in [4.69, 9.17) is 10.8 Å². The van der Waals surface area contributed by atoms with Crippen LogP contribution < -0.4 is 5.73 Å². The molecule has 21 heavy (non-hydrogen) atoms. The fourth-order valence-electron chi connectivity index (χ4n) is 3.04. The van der Waals surface area contributed by atoms with Crippen molar-refractivity contribution in [3.63, 3.8) is 0 Å². The Morgan fingerprint density at radius 1 is 1.14 bits per heavy atom. The van der Waals surface area contributed by atoms with Gasteiger partial charge in [-0.1, -0.05) is 63.3 Å². The van der Waals surface area contributed by atoms with Crippen molar-refractivity contribution in [2.24, 2.45) is 5.73 Å². The molecule has 2 rings (SSSR count). The lowest BCUT2D eigenvalue weighted by Gasteiger charge is -2.09. The first-order chi connectivity index (χ1) is 10.2. The first-order valence-corrected chi connectivity index (χ1v) is 8.43. The molecule has 0 heterocycles. The molecular weight excluding hydrogens is 258 g/mol. The maximum Gasteiger partial charge on any atom is 0.0621 e. The summed E-state index contributed by atoms with van der Waals surface area (Å²) in [6.07, 6.45) is 12.3. The van der Waals surface area contributed by atoms with E-state index < -0.39 is 0 Å². The fraction of sp³-hybridized carbons (Fsp3) is 0.579. The Bertz CT molecular complexity index is 478. The maximum atomic E-state index is 9.17. The number of aryl methyl sites for hydroxylation is 1. The first kappa shape index (κ1) is 16.3. The summed E-state index contributed by atoms with van der Waals surface area (Å²) in [7, 11) is 0. The molecule has 116 valence electrons. The number of aliphatic hydroxyl groups excluding tert-OH is 1. The zero-order valence-corrected chi connectivity index (χ0v) is 13.3. The van der Waals surface area contributed by atoms with Crippen LogP contribution in [0.2, 0.25) is 0 Å². The van der Waals surface area contributed by atoms with Crippen molar-refractivity contribution in [2.75, 3.05) is 6.61 Å². The molecule has 0 saturated heterocycles. The van der Waals surface area contributed by atoms with Crippen LogP contribution in [0.3, 0.4) is 0 Å². The van der Waals surface area contributed by atoms with Crippen LogP contribution in [0, 0.1) is 0 Å². The molecule has 0 saturated carbocycles. The average molecular weight is 287 g/mol. The summed E-state index contributed by atoms with van der Waals surface area (Å²) in [4.78, 5) is 0. The molecule has 0 amide bonds. The quantitative estimate of drug-likeness (QED) is 0.678. The van der Waals surface area contributed by atoms with Crippen LogP contribution in [0.5, 0.6) is 0 Å². The van der Waals surface area contributed by atoms with Gasteiger partial charge in [-0.2, -0.15) is 0 Å². The molecule has 0 aliphatic heterocycles. The van der Waals surface area contributed by atoms with Crippen molar-refractivity contribution in [1.29, 1.82) is 0 Å². The van der Waals surface area contributed by atoms with E-state index in [1.54, 1.807) is 0 Å². The molecule has 0 unspecified atom stereocenters. The molecule has 1 atom stereocenters. The molecule has 0 bridgehead atoms. The van der Waals surface area contributed by atoms with Gasteiger partial charge in [-0.15, -0.1) is 0 Å². The minimum Gasteiger partial charge on any atom is -0.394 e. The van der Waals surface area contributed by atoms with E-state index in [1.165, 1.54) is 61.6 Å². The molecule has 2 heteroatoms. The van der Waals surface area contributed by atoms with Gasteiger partial charge in [-0.25, -0.2) is 0 Å². The summed E-state index contributed by atoms with van der Waals surface area (Å²) in [5, 5.41) is 9.17. The lowest BCUT2D eigenvalue weighted by Crippen LogP contribution is -2.26. The van der Waals surface area contributed by atoms with Crippen LogP contribution in [0.15, 0.2) is 23.8 Å². The monoisotopic (exact) mass is 287 g/mol. The van der Waals surface area contributed by atoms with Crippen LogP contribution in [0.4, 0.5) is 0 Å². The Morgan fingerprint density at radius 3 is 2.67 bits per heavy atom. The molecule has 0 aromatic heterocycles. The highest BCUT2D eigenvalue weighted by atomic mass is 16.3. The standard InChI is InChI=1S/C19H29NO/c1-2-3-4-5-6-7-8-15-9-10-16-12-18(19(20)14-21)13-17(16)11-15/h9-12,19,21H,2-8,13-14,20H2,1H3/t19-/m0/s1. The zero-order valence-electron chi connectivity index (χ0n) is 13.3. The highest BCUT2D eigenvalue weighted by Gasteiger charge is 2.17. The Hall–Kier alpha value is -1.12. The third-order valence-corrected chi connectivity index (χ3v) is 4.43. The van der Waals surface area contributed by atoms with Gasteiger partial charge in [0.2, 0.25) is 0 Å². The van der Waals surface area contributed by atoms with E-state index in [1.807, 2.05) is 0 Å². The van der Waals surface area contributed by atoms with Gasteiger partial charge in [0, 0.05) is 6.04 Å². The second-order valence-electron chi connectivity index (χ2n) is 6.24. The molecule has 1 aliphatic carbocycles. The number of unbranched alkanes of at least 4 members (excludes halogenated alkanes) is 5. The number of hydrogen-bond acceptors (Lipinski definition) is 2. The van der Waals surface area contributed by atoms with Crippen molar-refractivity contribution in [3.05, 3.63) is 40.5 Å². The molecule has 2 nitrogen and oxygen atoms in total. The van der Waals surface area contributed by atoms with Crippen LogP contribution >= 0.6 is 0 Å². The summed E-state index contributed by atoms with van der Waals surface area (Å²) in [6, 6.07) is 6.57. The van der Waals surface area contributed by atoms with Gasteiger partial charge in [-0.3, -0.25) is 0 Å². The summed E-state index contributed by atoms with van der Waals surface area (Å²) in [5.41, 5.74) is 11.2. The number of benzene rings is 1. The van der Waals surface area contributed by atoms with Crippen LogP contribution in [0.25, 0.3) is 6.08 Å². The first-order valence-electron chi connectivity index (χ1n) is 8.43. The minimum atomic E-state index is -0.209. The predicted octanol–water partition coefficient (Wildman–Crippen LogP) is 3.85. The summed E-state index contributed by atoms with van der Waals surface area (Å²) < 4.78 is 0. The second kappa shape index (κ2) is 8.35. The van der Waals surface area contributed by atoms with Crippen LogP contribution in [0.1, 0.15) is 62.1 Å². The number of rotatable bonds is 9. The molecule has 1 aromatic carbocycles. The number of hydrogen-bond donors (Lipinski definition) is 2. The van der Waals surface area contributed by atoms with E-state index in [0.717, 1.165) is 12.0 Å². The molecular formula is C19H29NO. The van der Waals surface area contributed by atoms with Crippen LogP contribution in [-0.2, 0) is 12.8 Å². The summed E-state index contributed by atoms with van der Waals surface area (Å²) >= 11 is 0. The van der Waals surface area contributed by atoms with E-state index in [-0.39, 0.29) is 12.6 Å². The van der Waals surface area contributed by atoms with E-state index in [0.29, 0.717) is 0 Å². The molecule has 0 fully saturated rings. The van der Waals surface area contributed by atoms with Crippen molar-refractivity contribution in [3.8, 4) is 0 Å². The predicted molar refractivity (Wildman–Crippen MR) is 90.3 cm³/mol. The third-order valence-electron chi connectivity index (χ3n) is 4.43. The Morgan fingerprint density at radius 2 is 1.90 bits per heavy atom. The summed E-state index contributed by atoms with van der Waals surface area (Å²) in [6.45, 7) is 2.29. The number of aliphatic hydroxyl groups is 1. The zero-order chi connectivity index (χ0) is 15.1.